The number of hydrogen-bond acceptors (Lipinski definition) is 5. The maximum Gasteiger partial charge on any atom is 1.00 e. The molecule has 0 fully saturated rings. The topological polar surface area (TPSA) is 112 Å². The van der Waals surface area contributed by atoms with Crippen molar-refractivity contribution in [3.05, 3.63) is 46.2 Å². The van der Waals surface area contributed by atoms with Gasteiger partial charge in [-0.2, -0.15) is 5.10 Å². The molecule has 0 saturated carbocycles. The number of rotatable bonds is 2. The van der Waals surface area contributed by atoms with Gasteiger partial charge in [-0.1, -0.05) is 0 Å². The van der Waals surface area contributed by atoms with Gasteiger partial charge in [0.15, 0.2) is 5.82 Å². The van der Waals surface area contributed by atoms with Crippen LogP contribution in [0.3, 0.4) is 0 Å². The average molecular weight is 255 g/mol. The number of H-pyrrole nitrogens is 1. The van der Waals surface area contributed by atoms with Gasteiger partial charge in [0.1, 0.15) is 5.69 Å². The van der Waals surface area contributed by atoms with E-state index in [-0.39, 0.29) is 62.8 Å². The second-order valence-electron chi connectivity index (χ2n) is 2.91. The summed E-state index contributed by atoms with van der Waals surface area (Å²) in [6, 6.07) is 3.26. The minimum Gasteiger partial charge on any atom is -0.663 e. The fourth-order valence-electron chi connectivity index (χ4n) is 1.11. The van der Waals surface area contributed by atoms with Crippen molar-refractivity contribution in [2.75, 3.05) is 0 Å². The SMILES string of the molecule is [K+].[NH-]C(=O)c1cnc(-c2cccnn2)[nH]c1=O. The first kappa shape index (κ1) is 14.1. The summed E-state index contributed by atoms with van der Waals surface area (Å²) < 4.78 is 0. The van der Waals surface area contributed by atoms with E-state index in [1.807, 2.05) is 0 Å². The van der Waals surface area contributed by atoms with Crippen LogP contribution in [0.25, 0.3) is 17.3 Å². The summed E-state index contributed by atoms with van der Waals surface area (Å²) in [5, 5.41) is 7.38. The van der Waals surface area contributed by atoms with E-state index in [1.165, 1.54) is 6.20 Å². The normalized spacial score (nSPS) is 9.41. The molecule has 2 N–H and O–H groups in total. The van der Waals surface area contributed by atoms with Crippen molar-refractivity contribution >= 4 is 5.91 Å². The van der Waals surface area contributed by atoms with Gasteiger partial charge in [-0.3, -0.25) is 4.79 Å². The molecule has 0 saturated heterocycles. The van der Waals surface area contributed by atoms with Gasteiger partial charge < -0.3 is 15.5 Å². The minimum atomic E-state index is -1.07. The molecule has 0 spiro atoms. The maximum atomic E-state index is 11.4. The molecule has 0 aromatic carbocycles. The summed E-state index contributed by atoms with van der Waals surface area (Å²) in [5.41, 5.74) is 6.24. The first-order valence-corrected chi connectivity index (χ1v) is 4.32. The summed E-state index contributed by atoms with van der Waals surface area (Å²) in [7, 11) is 0. The van der Waals surface area contributed by atoms with Crippen LogP contribution in [0.4, 0.5) is 0 Å². The van der Waals surface area contributed by atoms with Gasteiger partial charge in [0.05, 0.1) is 11.5 Å². The Morgan fingerprint density at radius 1 is 1.41 bits per heavy atom. The molecule has 0 atom stereocenters. The number of amides is 1. The van der Waals surface area contributed by atoms with Crippen LogP contribution >= 0.6 is 0 Å². The molecule has 0 radical (unpaired) electrons. The zero-order valence-electron chi connectivity index (χ0n) is 8.97. The number of hydrogen-bond donors (Lipinski definition) is 1. The van der Waals surface area contributed by atoms with E-state index in [9.17, 15) is 9.59 Å². The molecule has 2 rings (SSSR count). The fourth-order valence-corrected chi connectivity index (χ4v) is 1.11. The van der Waals surface area contributed by atoms with Gasteiger partial charge in [0.25, 0.3) is 5.56 Å². The Morgan fingerprint density at radius 3 is 2.71 bits per heavy atom. The summed E-state index contributed by atoms with van der Waals surface area (Å²) >= 11 is 0. The van der Waals surface area contributed by atoms with Crippen molar-refractivity contribution in [2.24, 2.45) is 0 Å². The number of nitrogens with zero attached hydrogens (tertiary/aromatic N) is 3. The molecule has 80 valence electrons. The summed E-state index contributed by atoms with van der Waals surface area (Å²) in [6.07, 6.45) is 2.54. The van der Waals surface area contributed by atoms with Crippen molar-refractivity contribution in [3.8, 4) is 11.5 Å². The van der Waals surface area contributed by atoms with Crippen molar-refractivity contribution in [2.45, 2.75) is 0 Å². The number of aromatic amines is 1. The molecule has 2 heterocycles. The van der Waals surface area contributed by atoms with Crippen LogP contribution < -0.4 is 56.9 Å². The third kappa shape index (κ3) is 3.27. The quantitative estimate of drug-likeness (QED) is 0.592. The minimum absolute atomic E-state index is 0. The average Bonchev–Trinajstić information content (AvgIpc) is 2.29. The first-order valence-electron chi connectivity index (χ1n) is 4.32. The van der Waals surface area contributed by atoms with Gasteiger partial charge in [0, 0.05) is 12.4 Å². The Balaban J connectivity index is 0.00000144. The van der Waals surface area contributed by atoms with Crippen LogP contribution in [-0.2, 0) is 0 Å². The predicted molar refractivity (Wildman–Crippen MR) is 54.5 cm³/mol. The Morgan fingerprint density at radius 2 is 2.18 bits per heavy atom. The van der Waals surface area contributed by atoms with Gasteiger partial charge >= 0.3 is 51.4 Å². The fraction of sp³-hybridized carbons (Fsp3) is 0. The molecular weight excluding hydrogens is 249 g/mol. The van der Waals surface area contributed by atoms with Gasteiger partial charge in [-0.15, -0.1) is 5.10 Å². The van der Waals surface area contributed by atoms with Crippen LogP contribution in [-0.4, -0.2) is 26.1 Å². The second kappa shape index (κ2) is 6.12. The largest absolute Gasteiger partial charge is 1.00 e. The van der Waals surface area contributed by atoms with Crippen molar-refractivity contribution < 1.29 is 56.2 Å². The molecule has 17 heavy (non-hydrogen) atoms. The summed E-state index contributed by atoms with van der Waals surface area (Å²) in [6.45, 7) is 0. The number of carbonyl (C=O) groups is 1. The van der Waals surface area contributed by atoms with E-state index in [2.05, 4.69) is 20.2 Å². The number of nitrogens with one attached hydrogen (secondary N) is 2. The van der Waals surface area contributed by atoms with E-state index in [0.29, 0.717) is 5.69 Å². The molecule has 0 unspecified atom stereocenters. The van der Waals surface area contributed by atoms with Crippen molar-refractivity contribution in [1.29, 1.82) is 0 Å². The van der Waals surface area contributed by atoms with Crippen molar-refractivity contribution in [3.63, 3.8) is 0 Å². The van der Waals surface area contributed by atoms with E-state index in [1.54, 1.807) is 12.1 Å². The molecular formula is C9H6KN5O2. The van der Waals surface area contributed by atoms with E-state index in [0.717, 1.165) is 6.20 Å². The second-order valence-corrected chi connectivity index (χ2v) is 2.91. The summed E-state index contributed by atoms with van der Waals surface area (Å²) in [4.78, 5) is 28.3. The van der Waals surface area contributed by atoms with E-state index in [4.69, 9.17) is 5.73 Å². The monoisotopic (exact) mass is 255 g/mol. The molecule has 0 aliphatic carbocycles. The molecule has 0 aliphatic rings. The van der Waals surface area contributed by atoms with Crippen LogP contribution in [0.1, 0.15) is 10.4 Å². The van der Waals surface area contributed by atoms with Crippen molar-refractivity contribution in [1.82, 2.24) is 20.2 Å². The maximum absolute atomic E-state index is 11.4. The van der Waals surface area contributed by atoms with Crippen LogP contribution in [0.2, 0.25) is 0 Å². The van der Waals surface area contributed by atoms with Crippen LogP contribution in [0, 0.1) is 0 Å². The third-order valence-corrected chi connectivity index (χ3v) is 1.86. The van der Waals surface area contributed by atoms with Gasteiger partial charge in [-0.25, -0.2) is 4.98 Å². The number of carbonyl (C=O) groups excluding carboxylic acids is 1. The first-order chi connectivity index (χ1) is 7.68. The molecule has 0 aliphatic heterocycles. The smallest absolute Gasteiger partial charge is 0.663 e. The Bertz CT molecular complexity index is 583. The van der Waals surface area contributed by atoms with Gasteiger partial charge in [0.2, 0.25) is 0 Å². The zero-order chi connectivity index (χ0) is 11.5. The Labute approximate surface area is 138 Å². The van der Waals surface area contributed by atoms with E-state index >= 15 is 0 Å². The molecule has 8 heteroatoms. The standard InChI is InChI=1S/C9H7N5O2.K/c10-7(15)5-4-11-8(13-9(5)16)6-2-1-3-12-14-6;/h1-4H,(H3,10,11,13,15,16);/q;+1/p-1. The Hall–Kier alpha value is -0.934. The van der Waals surface area contributed by atoms with E-state index < -0.39 is 11.5 Å². The molecule has 0 bridgehead atoms. The molecule has 1 amide bonds. The Kier molecular flexibility index (Phi) is 5.09. The number of aromatic nitrogens is 4. The predicted octanol–water partition coefficient (Wildman–Crippen LogP) is -2.58. The van der Waals surface area contributed by atoms with Gasteiger partial charge in [-0.05, 0) is 12.1 Å². The summed E-state index contributed by atoms with van der Waals surface area (Å²) in [5.74, 6) is -0.859. The molecule has 7 nitrogen and oxygen atoms in total. The third-order valence-electron chi connectivity index (χ3n) is 1.86. The molecule has 2 aromatic rings. The van der Waals surface area contributed by atoms with Crippen LogP contribution in [0.5, 0.6) is 0 Å². The molecule has 2 aromatic heterocycles. The van der Waals surface area contributed by atoms with Crippen LogP contribution in [0.15, 0.2) is 29.3 Å². The zero-order valence-corrected chi connectivity index (χ0v) is 12.1.